The van der Waals surface area contributed by atoms with Crippen LogP contribution in [0.2, 0.25) is 0 Å². The number of fused-ring (bicyclic) bond motifs is 3. The van der Waals surface area contributed by atoms with Gasteiger partial charge in [-0.1, -0.05) is 184 Å². The Labute approximate surface area is 409 Å². The van der Waals surface area contributed by atoms with Crippen molar-refractivity contribution in [1.82, 2.24) is 9.55 Å². The number of benzene rings is 7. The summed E-state index contributed by atoms with van der Waals surface area (Å²) in [6.07, 6.45) is 4.31. The van der Waals surface area contributed by atoms with E-state index in [1.807, 2.05) is 6.20 Å². The molecule has 2 aromatic heterocycles. The Balaban J connectivity index is 1.04. The highest BCUT2D eigenvalue weighted by molar-refractivity contribution is 6.09. The predicted molar refractivity (Wildman–Crippen MR) is 290 cm³/mol. The fourth-order valence-electron chi connectivity index (χ4n) is 10.00. The minimum Gasteiger partial charge on any atom is -0.457 e. The highest BCUT2D eigenvalue weighted by Crippen LogP contribution is 2.44. The Bertz CT molecular complexity index is 3350. The van der Waals surface area contributed by atoms with E-state index in [0.717, 1.165) is 45.1 Å². The van der Waals surface area contributed by atoms with E-state index < -0.39 is 0 Å². The van der Waals surface area contributed by atoms with Crippen molar-refractivity contribution in [1.29, 1.82) is 0 Å². The van der Waals surface area contributed by atoms with Crippen LogP contribution in [0.3, 0.4) is 0 Å². The first kappa shape index (κ1) is 45.4. The molecular weight excluding hydrogens is 841 g/mol. The summed E-state index contributed by atoms with van der Waals surface area (Å²) in [5, 5.41) is 2.33. The average Bonchev–Trinajstić information content (AvgIpc) is 3.96. The molecule has 0 saturated heterocycles. The molecule has 0 bridgehead atoms. The van der Waals surface area contributed by atoms with Crippen LogP contribution in [0.4, 0.5) is 11.4 Å². The lowest BCUT2D eigenvalue weighted by atomic mass is 9.77. The minimum absolute atomic E-state index is 0.137. The zero-order valence-electron chi connectivity index (χ0n) is 41.9. The van der Waals surface area contributed by atoms with Crippen molar-refractivity contribution in [2.24, 2.45) is 5.41 Å². The van der Waals surface area contributed by atoms with Crippen LogP contribution in [0.15, 0.2) is 200 Å². The third-order valence-electron chi connectivity index (χ3n) is 14.3. The number of hydrogen-bond donors (Lipinski definition) is 0. The lowest BCUT2D eigenvalue weighted by Crippen LogP contribution is -2.31. The quantitative estimate of drug-likeness (QED) is 0.137. The van der Waals surface area contributed by atoms with E-state index in [-0.39, 0.29) is 21.7 Å². The fraction of sp³-hybridized carbons (Fsp3) is 0.234. The SMILES string of the molecule is CC(C)(C)C1=CN(c2cc(-c3ccccc3)cc(C(C)(C)c3ccccc3)c2)CN1c1cc(Oc2ccc3c4ccccc4n(-c4cc(C(C)(C)c5ccccc5)ccn4)c3c2)cc(C(C)(C)C)c1. The summed E-state index contributed by atoms with van der Waals surface area (Å²) in [6, 6.07) is 65.8. The number of para-hydroxylation sites is 1. The number of rotatable bonds is 10. The molecule has 69 heavy (non-hydrogen) atoms. The van der Waals surface area contributed by atoms with Gasteiger partial charge in [0.2, 0.25) is 0 Å². The summed E-state index contributed by atoms with van der Waals surface area (Å²) in [5.41, 5.74) is 13.6. The molecule has 7 aromatic carbocycles. The Morgan fingerprint density at radius 1 is 0.435 bits per heavy atom. The summed E-state index contributed by atoms with van der Waals surface area (Å²) in [5.74, 6) is 2.45. The maximum Gasteiger partial charge on any atom is 0.137 e. The van der Waals surface area contributed by atoms with E-state index in [4.69, 9.17) is 9.72 Å². The van der Waals surface area contributed by atoms with Crippen molar-refractivity contribution in [2.45, 2.75) is 85.5 Å². The molecule has 1 aliphatic heterocycles. The maximum atomic E-state index is 7.04. The Morgan fingerprint density at radius 2 is 1.04 bits per heavy atom. The Hall–Kier alpha value is -7.37. The zero-order chi connectivity index (χ0) is 48.3. The van der Waals surface area contributed by atoms with Crippen molar-refractivity contribution in [2.75, 3.05) is 16.5 Å². The van der Waals surface area contributed by atoms with Crippen LogP contribution in [-0.4, -0.2) is 16.2 Å². The van der Waals surface area contributed by atoms with Gasteiger partial charge in [0.1, 0.15) is 17.3 Å². The van der Waals surface area contributed by atoms with Gasteiger partial charge in [0.05, 0.1) is 17.7 Å². The van der Waals surface area contributed by atoms with Gasteiger partial charge in [-0.05, 0) is 99.0 Å². The van der Waals surface area contributed by atoms with Crippen molar-refractivity contribution < 1.29 is 4.74 Å². The molecule has 0 unspecified atom stereocenters. The number of nitrogens with zero attached hydrogens (tertiary/aromatic N) is 4. The zero-order valence-corrected chi connectivity index (χ0v) is 41.9. The molecule has 0 amide bonds. The molecule has 0 fully saturated rings. The molecular formula is C64H64N4O. The molecule has 5 nitrogen and oxygen atoms in total. The van der Waals surface area contributed by atoms with Gasteiger partial charge in [-0.15, -0.1) is 0 Å². The van der Waals surface area contributed by atoms with E-state index in [2.05, 4.69) is 272 Å². The van der Waals surface area contributed by atoms with Crippen LogP contribution in [-0.2, 0) is 16.2 Å². The van der Waals surface area contributed by atoms with Crippen molar-refractivity contribution in [3.8, 4) is 28.4 Å². The number of pyridine rings is 1. The number of anilines is 2. The molecule has 1 aliphatic rings. The van der Waals surface area contributed by atoms with E-state index in [9.17, 15) is 0 Å². The summed E-state index contributed by atoms with van der Waals surface area (Å²) in [4.78, 5) is 9.92. The van der Waals surface area contributed by atoms with Crippen LogP contribution in [0, 0.1) is 5.41 Å². The fourth-order valence-corrected chi connectivity index (χ4v) is 10.00. The largest absolute Gasteiger partial charge is 0.457 e. The molecule has 0 atom stereocenters. The molecule has 0 aliphatic carbocycles. The monoisotopic (exact) mass is 905 g/mol. The number of allylic oxidation sites excluding steroid dienone is 1. The van der Waals surface area contributed by atoms with Gasteiger partial charge in [0, 0.05) is 68.6 Å². The minimum atomic E-state index is -0.221. The standard InChI is InChI=1S/C64H64N4O/c1-61(2,3)49-36-52(67-43-66(42-59(67)62(4,5)6)51-35-45(44-22-14-11-15-23-44)34-50(37-51)64(9,10)47-26-18-13-19-27-47)40-54(38-49)69-53-30-31-56-55-28-20-21-29-57(55)68(58(56)41-53)60-39-48(32-33-65-60)63(7,8)46-24-16-12-17-25-46/h11-42H,43H2,1-10H3. The first-order chi connectivity index (χ1) is 32.9. The normalized spacial score (nSPS) is 13.6. The van der Waals surface area contributed by atoms with Crippen molar-refractivity contribution in [3.63, 3.8) is 0 Å². The first-order valence-corrected chi connectivity index (χ1v) is 24.4. The second-order valence-corrected chi connectivity index (χ2v) is 21.9. The first-order valence-electron chi connectivity index (χ1n) is 24.4. The van der Waals surface area contributed by atoms with Crippen molar-refractivity contribution in [3.05, 3.63) is 228 Å². The van der Waals surface area contributed by atoms with Gasteiger partial charge in [-0.25, -0.2) is 4.98 Å². The van der Waals surface area contributed by atoms with Crippen LogP contribution >= 0.6 is 0 Å². The van der Waals surface area contributed by atoms with Gasteiger partial charge >= 0.3 is 0 Å². The molecule has 5 heteroatoms. The number of hydrogen-bond acceptors (Lipinski definition) is 4. The Morgan fingerprint density at radius 3 is 1.71 bits per heavy atom. The van der Waals surface area contributed by atoms with Crippen LogP contribution in [0.1, 0.15) is 97.1 Å². The molecule has 346 valence electrons. The van der Waals surface area contributed by atoms with Gasteiger partial charge in [0.25, 0.3) is 0 Å². The van der Waals surface area contributed by atoms with E-state index in [1.54, 1.807) is 0 Å². The molecule has 0 saturated carbocycles. The maximum absolute atomic E-state index is 7.04. The topological polar surface area (TPSA) is 33.5 Å². The average molecular weight is 905 g/mol. The van der Waals surface area contributed by atoms with Gasteiger partial charge in [0.15, 0.2) is 0 Å². The summed E-state index contributed by atoms with van der Waals surface area (Å²) in [7, 11) is 0. The number of aromatic nitrogens is 2. The van der Waals surface area contributed by atoms with E-state index in [1.165, 1.54) is 50.0 Å². The highest BCUT2D eigenvalue weighted by atomic mass is 16.5. The molecule has 0 radical (unpaired) electrons. The molecule has 3 heterocycles. The van der Waals surface area contributed by atoms with E-state index >= 15 is 0 Å². The lowest BCUT2D eigenvalue weighted by molar-refractivity contribution is 0.477. The summed E-state index contributed by atoms with van der Waals surface area (Å²) >= 11 is 0. The second-order valence-electron chi connectivity index (χ2n) is 21.9. The number of ether oxygens (including phenoxy) is 1. The second kappa shape index (κ2) is 17.3. The summed E-state index contributed by atoms with van der Waals surface area (Å²) < 4.78 is 9.33. The van der Waals surface area contributed by atoms with E-state index in [0.29, 0.717) is 6.67 Å². The molecule has 0 N–H and O–H groups in total. The molecule has 9 aromatic rings. The molecule has 0 spiro atoms. The van der Waals surface area contributed by atoms with Crippen LogP contribution in [0.25, 0.3) is 38.8 Å². The predicted octanol–water partition coefficient (Wildman–Crippen LogP) is 16.8. The summed E-state index contributed by atoms with van der Waals surface area (Å²) in [6.45, 7) is 23.7. The van der Waals surface area contributed by atoms with Gasteiger partial charge < -0.3 is 14.5 Å². The third kappa shape index (κ3) is 8.72. The highest BCUT2D eigenvalue weighted by Gasteiger charge is 2.34. The van der Waals surface area contributed by atoms with Crippen LogP contribution in [0.5, 0.6) is 11.5 Å². The third-order valence-corrected chi connectivity index (χ3v) is 14.3. The van der Waals surface area contributed by atoms with Crippen LogP contribution < -0.4 is 14.5 Å². The molecule has 10 rings (SSSR count). The van der Waals surface area contributed by atoms with Gasteiger partial charge in [-0.3, -0.25) is 4.57 Å². The lowest BCUT2D eigenvalue weighted by Gasteiger charge is -2.32. The smallest absolute Gasteiger partial charge is 0.137 e. The Kier molecular flexibility index (Phi) is 11.4. The van der Waals surface area contributed by atoms with Crippen molar-refractivity contribution >= 4 is 33.2 Å². The van der Waals surface area contributed by atoms with Gasteiger partial charge in [-0.2, -0.15) is 0 Å².